The van der Waals surface area contributed by atoms with E-state index >= 15 is 0 Å². The summed E-state index contributed by atoms with van der Waals surface area (Å²) >= 11 is 1.40. The third-order valence-electron chi connectivity index (χ3n) is 4.77. The first kappa shape index (κ1) is 16.4. The van der Waals surface area contributed by atoms with Crippen LogP contribution in [0.5, 0.6) is 5.88 Å². The maximum Gasteiger partial charge on any atom is 0.230 e. The number of likely N-dealkylation sites (N-methyl/N-ethyl adjacent to an activating group) is 1. The number of hydrogen-bond acceptors (Lipinski definition) is 6. The van der Waals surface area contributed by atoms with Crippen LogP contribution in [0.25, 0.3) is 4.96 Å². The molecule has 6 nitrogen and oxygen atoms in total. The van der Waals surface area contributed by atoms with Gasteiger partial charge in [-0.15, -0.1) is 0 Å². The maximum absolute atomic E-state index is 13.9. The summed E-state index contributed by atoms with van der Waals surface area (Å²) in [7, 11) is 0. The molecule has 1 N–H and O–H groups in total. The van der Waals surface area contributed by atoms with Gasteiger partial charge in [0.15, 0.2) is 0 Å². The van der Waals surface area contributed by atoms with E-state index in [0.717, 1.165) is 43.2 Å². The quantitative estimate of drug-likeness (QED) is 0.773. The fraction of sp³-hybridized carbons (Fsp3) is 0.412. The molecule has 2 aromatic heterocycles. The summed E-state index contributed by atoms with van der Waals surface area (Å²) in [6.45, 7) is 6.84. The molecule has 0 saturated carbocycles. The number of fused-ring (bicyclic) bond motifs is 1. The SMILES string of the molecule is CCN1CCN([C@@H](c2cccc(F)c2)c2sc3ncnn3c2O)CC1. The van der Waals surface area contributed by atoms with Gasteiger partial charge in [-0.25, -0.2) is 9.37 Å². The molecule has 8 heteroatoms. The van der Waals surface area contributed by atoms with Gasteiger partial charge in [0.2, 0.25) is 10.8 Å². The predicted octanol–water partition coefficient (Wildman–Crippen LogP) is 2.36. The van der Waals surface area contributed by atoms with E-state index in [-0.39, 0.29) is 17.7 Å². The molecule has 1 fully saturated rings. The normalized spacial score (nSPS) is 18.0. The van der Waals surface area contributed by atoms with E-state index in [0.29, 0.717) is 4.96 Å². The summed E-state index contributed by atoms with van der Waals surface area (Å²) in [6.07, 6.45) is 1.42. The zero-order valence-corrected chi connectivity index (χ0v) is 14.8. The average molecular weight is 361 g/mol. The molecule has 1 aliphatic heterocycles. The second-order valence-corrected chi connectivity index (χ2v) is 7.18. The molecule has 1 saturated heterocycles. The lowest BCUT2D eigenvalue weighted by Gasteiger charge is -2.38. The van der Waals surface area contributed by atoms with E-state index in [1.165, 1.54) is 28.2 Å². The van der Waals surface area contributed by atoms with Gasteiger partial charge in [0.1, 0.15) is 12.1 Å². The largest absolute Gasteiger partial charge is 0.492 e. The number of aromatic nitrogens is 3. The highest BCUT2D eigenvalue weighted by Gasteiger charge is 2.31. The van der Waals surface area contributed by atoms with Crippen molar-refractivity contribution in [3.63, 3.8) is 0 Å². The van der Waals surface area contributed by atoms with Crippen LogP contribution in [-0.2, 0) is 0 Å². The number of thiazole rings is 1. The lowest BCUT2D eigenvalue weighted by atomic mass is 10.0. The molecule has 4 rings (SSSR count). The van der Waals surface area contributed by atoms with Crippen molar-refractivity contribution < 1.29 is 9.50 Å². The molecule has 3 heterocycles. The highest BCUT2D eigenvalue weighted by molar-refractivity contribution is 7.17. The van der Waals surface area contributed by atoms with Crippen LogP contribution >= 0.6 is 11.3 Å². The summed E-state index contributed by atoms with van der Waals surface area (Å²) in [5.41, 5.74) is 0.838. The number of hydrogen-bond donors (Lipinski definition) is 1. The Labute approximate surface area is 149 Å². The van der Waals surface area contributed by atoms with E-state index in [2.05, 4.69) is 26.8 Å². The smallest absolute Gasteiger partial charge is 0.230 e. The van der Waals surface area contributed by atoms with E-state index in [4.69, 9.17) is 0 Å². The Balaban J connectivity index is 1.76. The van der Waals surface area contributed by atoms with Gasteiger partial charge in [0.25, 0.3) is 0 Å². The van der Waals surface area contributed by atoms with Gasteiger partial charge in [-0.1, -0.05) is 30.4 Å². The van der Waals surface area contributed by atoms with Crippen LogP contribution in [0.2, 0.25) is 0 Å². The van der Waals surface area contributed by atoms with Crippen molar-refractivity contribution in [3.8, 4) is 5.88 Å². The Morgan fingerprint density at radius 3 is 2.76 bits per heavy atom. The summed E-state index contributed by atoms with van der Waals surface area (Å²) in [5, 5.41) is 14.7. The first-order chi connectivity index (χ1) is 12.2. The second kappa shape index (κ2) is 6.70. The van der Waals surface area contributed by atoms with Crippen LogP contribution < -0.4 is 0 Å². The number of nitrogens with zero attached hydrogens (tertiary/aromatic N) is 5. The van der Waals surface area contributed by atoms with Crippen molar-refractivity contribution in [2.75, 3.05) is 32.7 Å². The fourth-order valence-corrected chi connectivity index (χ4v) is 4.51. The summed E-state index contributed by atoms with van der Waals surface area (Å²) < 4.78 is 15.3. The van der Waals surface area contributed by atoms with Gasteiger partial charge < -0.3 is 10.0 Å². The maximum atomic E-state index is 13.9. The van der Waals surface area contributed by atoms with E-state index in [1.54, 1.807) is 12.1 Å². The van der Waals surface area contributed by atoms with E-state index in [9.17, 15) is 9.50 Å². The topological polar surface area (TPSA) is 56.9 Å². The highest BCUT2D eigenvalue weighted by atomic mass is 32.1. The Hall–Kier alpha value is -2.03. The standard InChI is InChI=1S/C17H20FN5OS/c1-2-21-6-8-22(9-7-21)14(12-4-3-5-13(18)10-12)15-16(24)23-17(25-15)19-11-20-23/h3-5,10-11,14,24H,2,6-9H2,1H3/t14-/m0/s1. The molecule has 0 aliphatic carbocycles. The summed E-state index contributed by atoms with van der Waals surface area (Å²) in [4.78, 5) is 10.3. The van der Waals surface area contributed by atoms with Crippen LogP contribution in [0.15, 0.2) is 30.6 Å². The lowest BCUT2D eigenvalue weighted by Crippen LogP contribution is -2.47. The molecule has 132 valence electrons. The molecule has 0 unspecified atom stereocenters. The first-order valence-corrected chi connectivity index (χ1v) is 9.22. The van der Waals surface area contributed by atoms with Gasteiger partial charge >= 0.3 is 0 Å². The lowest BCUT2D eigenvalue weighted by molar-refractivity contribution is 0.113. The van der Waals surface area contributed by atoms with Crippen LogP contribution in [0.3, 0.4) is 0 Å². The first-order valence-electron chi connectivity index (χ1n) is 8.40. The Kier molecular flexibility index (Phi) is 4.41. The zero-order valence-electron chi connectivity index (χ0n) is 14.0. The van der Waals surface area contributed by atoms with Gasteiger partial charge in [0, 0.05) is 26.2 Å². The highest BCUT2D eigenvalue weighted by Crippen LogP contribution is 2.40. The van der Waals surface area contributed by atoms with Gasteiger partial charge in [-0.2, -0.15) is 9.61 Å². The number of aromatic hydroxyl groups is 1. The molecular weight excluding hydrogens is 341 g/mol. The number of benzene rings is 1. The van der Waals surface area contributed by atoms with Crippen molar-refractivity contribution in [1.82, 2.24) is 24.4 Å². The molecule has 0 bridgehead atoms. The Morgan fingerprint density at radius 2 is 2.08 bits per heavy atom. The molecule has 1 aromatic carbocycles. The molecule has 1 aliphatic rings. The van der Waals surface area contributed by atoms with Crippen molar-refractivity contribution in [1.29, 1.82) is 0 Å². The van der Waals surface area contributed by atoms with Crippen LogP contribution in [0.1, 0.15) is 23.4 Å². The van der Waals surface area contributed by atoms with Crippen LogP contribution in [0.4, 0.5) is 4.39 Å². The van der Waals surface area contributed by atoms with Crippen molar-refractivity contribution in [3.05, 3.63) is 46.9 Å². The molecule has 25 heavy (non-hydrogen) atoms. The molecule has 0 amide bonds. The van der Waals surface area contributed by atoms with Crippen molar-refractivity contribution in [2.45, 2.75) is 13.0 Å². The molecule has 1 atom stereocenters. The summed E-state index contributed by atoms with van der Waals surface area (Å²) in [6, 6.07) is 6.41. The van der Waals surface area contributed by atoms with Crippen molar-refractivity contribution in [2.24, 2.45) is 0 Å². The molecular formula is C17H20FN5OS. The Morgan fingerprint density at radius 1 is 1.28 bits per heavy atom. The minimum Gasteiger partial charge on any atom is -0.492 e. The minimum atomic E-state index is -0.270. The number of rotatable bonds is 4. The molecule has 0 spiro atoms. The van der Waals surface area contributed by atoms with Crippen molar-refractivity contribution >= 4 is 16.3 Å². The second-order valence-electron chi connectivity index (χ2n) is 6.17. The van der Waals surface area contributed by atoms with Crippen LogP contribution in [0, 0.1) is 5.82 Å². The van der Waals surface area contributed by atoms with Gasteiger partial charge in [-0.05, 0) is 24.2 Å². The average Bonchev–Trinajstić information content (AvgIpc) is 3.20. The number of piperazine rings is 1. The third-order valence-corrected chi connectivity index (χ3v) is 5.86. The minimum absolute atomic E-state index is 0.0877. The van der Waals surface area contributed by atoms with E-state index < -0.39 is 0 Å². The van der Waals surface area contributed by atoms with Gasteiger partial charge in [-0.3, -0.25) is 4.90 Å². The van der Waals surface area contributed by atoms with Gasteiger partial charge in [0.05, 0.1) is 10.9 Å². The fourth-order valence-electron chi connectivity index (χ4n) is 3.41. The predicted molar refractivity (Wildman–Crippen MR) is 94.5 cm³/mol. The molecule has 0 radical (unpaired) electrons. The summed E-state index contributed by atoms with van der Waals surface area (Å²) in [5.74, 6) is -0.182. The van der Waals surface area contributed by atoms with E-state index in [1.807, 2.05) is 6.07 Å². The molecule has 3 aromatic rings. The monoisotopic (exact) mass is 361 g/mol. The zero-order chi connectivity index (χ0) is 17.4. The third kappa shape index (κ3) is 3.01. The van der Waals surface area contributed by atoms with Crippen LogP contribution in [-0.4, -0.2) is 62.2 Å². The Bertz CT molecular complexity index is 871. The number of halogens is 1.